The molecule has 1 aliphatic rings. The predicted molar refractivity (Wildman–Crippen MR) is 68.6 cm³/mol. The molecule has 1 saturated carbocycles. The topological polar surface area (TPSA) is 12.0 Å². The molecular formula is C13H26ClN. The third kappa shape index (κ3) is 4.74. The van der Waals surface area contributed by atoms with Crippen molar-refractivity contribution < 1.29 is 0 Å². The molecule has 0 bridgehead atoms. The van der Waals surface area contributed by atoms with E-state index in [4.69, 9.17) is 11.6 Å². The highest BCUT2D eigenvalue weighted by Gasteiger charge is 2.41. The molecular weight excluding hydrogens is 206 g/mol. The van der Waals surface area contributed by atoms with Crippen molar-refractivity contribution in [3.63, 3.8) is 0 Å². The van der Waals surface area contributed by atoms with Crippen LogP contribution in [0, 0.1) is 11.3 Å². The molecule has 0 aromatic heterocycles. The molecule has 0 aliphatic heterocycles. The number of unbranched alkanes of at least 4 members (excludes halogenated alkanes) is 1. The fraction of sp³-hybridized carbons (Fsp3) is 1.00. The van der Waals surface area contributed by atoms with Crippen LogP contribution in [-0.4, -0.2) is 19.0 Å². The van der Waals surface area contributed by atoms with Gasteiger partial charge in [-0.3, -0.25) is 0 Å². The summed E-state index contributed by atoms with van der Waals surface area (Å²) in [6.45, 7) is 6.90. The van der Waals surface area contributed by atoms with Crippen LogP contribution in [0.15, 0.2) is 0 Å². The summed E-state index contributed by atoms with van der Waals surface area (Å²) in [6.07, 6.45) is 8.04. The number of hydrogen-bond acceptors (Lipinski definition) is 1. The summed E-state index contributed by atoms with van der Waals surface area (Å²) in [7, 11) is 0. The Labute approximate surface area is 100.0 Å². The Balaban J connectivity index is 2.06. The molecule has 1 fully saturated rings. The zero-order chi connectivity index (χ0) is 11.1. The largest absolute Gasteiger partial charge is 0.316 e. The minimum atomic E-state index is 0.477. The van der Waals surface area contributed by atoms with Gasteiger partial charge in [0.05, 0.1) is 0 Å². The zero-order valence-electron chi connectivity index (χ0n) is 10.3. The van der Waals surface area contributed by atoms with Gasteiger partial charge in [-0.05, 0) is 37.1 Å². The van der Waals surface area contributed by atoms with Crippen molar-refractivity contribution in [1.82, 2.24) is 5.32 Å². The van der Waals surface area contributed by atoms with Gasteiger partial charge in [0.2, 0.25) is 0 Å². The van der Waals surface area contributed by atoms with E-state index < -0.39 is 0 Å². The van der Waals surface area contributed by atoms with Crippen LogP contribution in [-0.2, 0) is 0 Å². The van der Waals surface area contributed by atoms with Crippen LogP contribution in [0.25, 0.3) is 0 Å². The van der Waals surface area contributed by atoms with Gasteiger partial charge in [-0.1, -0.05) is 33.1 Å². The molecule has 1 rings (SSSR count). The van der Waals surface area contributed by atoms with Gasteiger partial charge in [-0.2, -0.15) is 0 Å². The third-order valence-electron chi connectivity index (χ3n) is 3.72. The van der Waals surface area contributed by atoms with Crippen molar-refractivity contribution in [3.05, 3.63) is 0 Å². The molecule has 0 amide bonds. The van der Waals surface area contributed by atoms with Crippen LogP contribution < -0.4 is 5.32 Å². The number of rotatable bonds is 9. The summed E-state index contributed by atoms with van der Waals surface area (Å²) in [5.41, 5.74) is 0.477. The van der Waals surface area contributed by atoms with E-state index in [1.165, 1.54) is 45.1 Å². The van der Waals surface area contributed by atoms with Crippen molar-refractivity contribution in [2.45, 2.75) is 52.4 Å². The molecule has 0 spiro atoms. The summed E-state index contributed by atoms with van der Waals surface area (Å²) in [6, 6.07) is 0. The Morgan fingerprint density at radius 1 is 1.33 bits per heavy atom. The molecule has 1 unspecified atom stereocenters. The maximum absolute atomic E-state index is 5.95. The third-order valence-corrected chi connectivity index (χ3v) is 4.28. The van der Waals surface area contributed by atoms with E-state index in [-0.39, 0.29) is 0 Å². The van der Waals surface area contributed by atoms with Gasteiger partial charge in [0.1, 0.15) is 0 Å². The van der Waals surface area contributed by atoms with Gasteiger partial charge >= 0.3 is 0 Å². The molecule has 0 aromatic carbocycles. The molecule has 0 radical (unpaired) electrons. The van der Waals surface area contributed by atoms with Crippen LogP contribution in [0.5, 0.6) is 0 Å². The molecule has 1 aliphatic carbocycles. The normalized spacial score (nSPS) is 20.2. The van der Waals surface area contributed by atoms with Crippen LogP contribution in [0.4, 0.5) is 0 Å². The fourth-order valence-corrected chi connectivity index (χ4v) is 2.38. The van der Waals surface area contributed by atoms with Crippen molar-refractivity contribution >= 4 is 11.6 Å². The number of halogens is 1. The smallest absolute Gasteiger partial charge is 0.0292 e. The van der Waals surface area contributed by atoms with Gasteiger partial charge in [0.15, 0.2) is 0 Å². The molecule has 0 saturated heterocycles. The molecule has 1 nitrogen and oxygen atoms in total. The maximum atomic E-state index is 5.95. The molecule has 0 aromatic rings. The lowest BCUT2D eigenvalue weighted by molar-refractivity contribution is 0.395. The number of hydrogen-bond donors (Lipinski definition) is 1. The molecule has 2 heteroatoms. The first-order chi connectivity index (χ1) is 7.26. The maximum Gasteiger partial charge on any atom is 0.0292 e. The summed E-state index contributed by atoms with van der Waals surface area (Å²) in [4.78, 5) is 0. The van der Waals surface area contributed by atoms with Crippen LogP contribution >= 0.6 is 11.6 Å². The lowest BCUT2D eigenvalue weighted by Gasteiger charge is -2.18. The Morgan fingerprint density at radius 2 is 2.07 bits per heavy atom. The molecule has 90 valence electrons. The van der Waals surface area contributed by atoms with Gasteiger partial charge < -0.3 is 5.32 Å². The van der Waals surface area contributed by atoms with E-state index in [1.54, 1.807) is 0 Å². The summed E-state index contributed by atoms with van der Waals surface area (Å²) >= 11 is 5.95. The standard InChI is InChI=1S/C13H26ClN/c1-3-5-6-12(4-2)9-15-11-13(10-14)7-8-13/h12,15H,3-11H2,1-2H3. The number of nitrogens with one attached hydrogen (secondary N) is 1. The minimum Gasteiger partial charge on any atom is -0.316 e. The van der Waals surface area contributed by atoms with Crippen molar-refractivity contribution in [2.75, 3.05) is 19.0 Å². The lowest BCUT2D eigenvalue weighted by atomic mass is 9.99. The second kappa shape index (κ2) is 6.75. The van der Waals surface area contributed by atoms with Crippen LogP contribution in [0.2, 0.25) is 0 Å². The quantitative estimate of drug-likeness (QED) is 0.595. The average molecular weight is 232 g/mol. The van der Waals surface area contributed by atoms with E-state index in [0.29, 0.717) is 5.41 Å². The fourth-order valence-electron chi connectivity index (χ4n) is 2.02. The van der Waals surface area contributed by atoms with Crippen molar-refractivity contribution in [3.8, 4) is 0 Å². The number of alkyl halides is 1. The van der Waals surface area contributed by atoms with E-state index >= 15 is 0 Å². The zero-order valence-corrected chi connectivity index (χ0v) is 11.1. The van der Waals surface area contributed by atoms with E-state index in [2.05, 4.69) is 19.2 Å². The first-order valence-corrected chi connectivity index (χ1v) is 7.06. The highest BCUT2D eigenvalue weighted by atomic mass is 35.5. The lowest BCUT2D eigenvalue weighted by Crippen LogP contribution is -2.29. The van der Waals surface area contributed by atoms with E-state index in [9.17, 15) is 0 Å². The molecule has 1 N–H and O–H groups in total. The minimum absolute atomic E-state index is 0.477. The summed E-state index contributed by atoms with van der Waals surface area (Å²) in [5, 5.41) is 3.61. The highest BCUT2D eigenvalue weighted by Crippen LogP contribution is 2.45. The molecule has 1 atom stereocenters. The highest BCUT2D eigenvalue weighted by molar-refractivity contribution is 6.18. The van der Waals surface area contributed by atoms with Crippen LogP contribution in [0.1, 0.15) is 52.4 Å². The predicted octanol–water partition coefficient (Wildman–Crippen LogP) is 3.81. The Bertz CT molecular complexity index is 166. The first-order valence-electron chi connectivity index (χ1n) is 6.53. The molecule has 0 heterocycles. The monoisotopic (exact) mass is 231 g/mol. The van der Waals surface area contributed by atoms with E-state index in [1.807, 2.05) is 0 Å². The van der Waals surface area contributed by atoms with Crippen molar-refractivity contribution in [1.29, 1.82) is 0 Å². The summed E-state index contributed by atoms with van der Waals surface area (Å²) < 4.78 is 0. The van der Waals surface area contributed by atoms with Crippen LogP contribution in [0.3, 0.4) is 0 Å². The first kappa shape index (κ1) is 13.3. The van der Waals surface area contributed by atoms with Gasteiger partial charge in [-0.25, -0.2) is 0 Å². The average Bonchev–Trinajstić information content (AvgIpc) is 3.04. The Hall–Kier alpha value is 0.250. The second-order valence-corrected chi connectivity index (χ2v) is 5.45. The van der Waals surface area contributed by atoms with E-state index in [0.717, 1.165) is 18.3 Å². The SMILES string of the molecule is CCCCC(CC)CNCC1(CCl)CC1. The summed E-state index contributed by atoms with van der Waals surface area (Å²) in [5.74, 6) is 1.71. The van der Waals surface area contributed by atoms with Gasteiger partial charge in [0, 0.05) is 12.4 Å². The van der Waals surface area contributed by atoms with Crippen molar-refractivity contribution in [2.24, 2.45) is 11.3 Å². The second-order valence-electron chi connectivity index (χ2n) is 5.18. The van der Waals surface area contributed by atoms with Gasteiger partial charge in [0.25, 0.3) is 0 Å². The van der Waals surface area contributed by atoms with Gasteiger partial charge in [-0.15, -0.1) is 11.6 Å². The Kier molecular flexibility index (Phi) is 5.99. The molecule has 15 heavy (non-hydrogen) atoms. The Morgan fingerprint density at radius 3 is 2.53 bits per heavy atom.